The van der Waals surface area contributed by atoms with Crippen LogP contribution in [0, 0.1) is 11.6 Å². The van der Waals surface area contributed by atoms with Gasteiger partial charge in [-0.2, -0.15) is 0 Å². The number of carboxylic acids is 1. The Kier molecular flexibility index (Phi) is 8.35. The molecule has 2 unspecified atom stereocenters. The lowest BCUT2D eigenvalue weighted by atomic mass is 10.0. The van der Waals surface area contributed by atoms with Gasteiger partial charge < -0.3 is 20.6 Å². The summed E-state index contributed by atoms with van der Waals surface area (Å²) >= 11 is 5.82. The molecule has 13 heteroatoms. The molecule has 10 nitrogen and oxygen atoms in total. The van der Waals surface area contributed by atoms with Crippen LogP contribution in [0.15, 0.2) is 66.9 Å². The first-order chi connectivity index (χ1) is 18.6. The Hall–Kier alpha value is -4.58. The van der Waals surface area contributed by atoms with E-state index in [1.54, 1.807) is 0 Å². The molecule has 1 aliphatic heterocycles. The largest absolute Gasteiger partial charge is 0.481 e. The van der Waals surface area contributed by atoms with Crippen molar-refractivity contribution in [2.45, 2.75) is 18.6 Å². The lowest BCUT2D eigenvalue weighted by Gasteiger charge is -2.31. The Morgan fingerprint density at radius 2 is 1.72 bits per heavy atom. The van der Waals surface area contributed by atoms with E-state index in [0.717, 1.165) is 28.0 Å². The third kappa shape index (κ3) is 6.65. The number of nitrogens with one attached hydrogen (secondary N) is 2. The van der Waals surface area contributed by atoms with Gasteiger partial charge in [0, 0.05) is 25.0 Å². The average molecular weight is 558 g/mol. The first-order valence-corrected chi connectivity index (χ1v) is 12.0. The van der Waals surface area contributed by atoms with Gasteiger partial charge in [0.2, 0.25) is 0 Å². The fraction of sp³-hybridized carbons (Fsp3) is 0.192. The molecule has 4 amide bonds. The van der Waals surface area contributed by atoms with Crippen molar-refractivity contribution in [3.05, 3.63) is 94.8 Å². The number of hydrogen-bond donors (Lipinski definition) is 3. The van der Waals surface area contributed by atoms with Gasteiger partial charge in [-0.1, -0.05) is 29.8 Å². The predicted octanol–water partition coefficient (Wildman–Crippen LogP) is 3.66. The Labute approximate surface area is 226 Å². The number of carbonyl (C=O) groups excluding carboxylic acids is 3. The topological polar surface area (TPSA) is 132 Å². The van der Waals surface area contributed by atoms with Gasteiger partial charge in [-0.05, 0) is 48.0 Å². The zero-order chi connectivity index (χ0) is 28.1. The van der Waals surface area contributed by atoms with Gasteiger partial charge in [-0.3, -0.25) is 19.3 Å². The molecule has 3 aromatic rings. The molecule has 2 aromatic carbocycles. The lowest BCUT2D eigenvalue weighted by Crippen LogP contribution is -2.55. The minimum atomic E-state index is -1.50. The molecular weight excluding hydrogens is 536 g/mol. The molecule has 1 aromatic heterocycles. The number of aliphatic carboxylic acids is 1. The summed E-state index contributed by atoms with van der Waals surface area (Å²) in [5.74, 6) is -3.86. The predicted molar refractivity (Wildman–Crippen MR) is 136 cm³/mol. The molecule has 1 fully saturated rings. The Balaban J connectivity index is 1.64. The maximum absolute atomic E-state index is 13.6. The number of urea groups is 1. The molecule has 0 aliphatic carbocycles. The number of amides is 4. The van der Waals surface area contributed by atoms with E-state index in [1.165, 1.54) is 48.7 Å². The Morgan fingerprint density at radius 3 is 2.36 bits per heavy atom. The maximum atomic E-state index is 13.6. The molecule has 0 spiro atoms. The lowest BCUT2D eigenvalue weighted by molar-refractivity contribution is -0.138. The van der Waals surface area contributed by atoms with Crippen molar-refractivity contribution in [3.8, 4) is 0 Å². The number of carboxylic acid groups (broad SMARTS) is 1. The van der Waals surface area contributed by atoms with Crippen molar-refractivity contribution in [1.82, 2.24) is 20.1 Å². The van der Waals surface area contributed by atoms with Crippen LogP contribution < -0.4 is 10.6 Å². The second-order valence-corrected chi connectivity index (χ2v) is 8.97. The molecule has 1 aliphatic rings. The van der Waals surface area contributed by atoms with Crippen molar-refractivity contribution in [2.75, 3.05) is 18.4 Å². The Morgan fingerprint density at radius 1 is 1.00 bits per heavy atom. The number of benzene rings is 2. The minimum absolute atomic E-state index is 0.0454. The fourth-order valence-electron chi connectivity index (χ4n) is 4.13. The third-order valence-electron chi connectivity index (χ3n) is 5.95. The first kappa shape index (κ1) is 27.5. The van der Waals surface area contributed by atoms with Crippen molar-refractivity contribution < 1.29 is 33.1 Å². The molecule has 2 heterocycles. The van der Waals surface area contributed by atoms with E-state index >= 15 is 0 Å². The zero-order valence-electron chi connectivity index (χ0n) is 20.2. The SMILES string of the molecule is O=C(O)CC(NC(=O)C1N(C(=O)Nc2cccc(F)c2)CCN1C(=O)c1ccc(Cl)nc1)c1ccc(F)cc1. The highest BCUT2D eigenvalue weighted by Crippen LogP contribution is 2.24. The van der Waals surface area contributed by atoms with E-state index in [4.69, 9.17) is 11.6 Å². The summed E-state index contributed by atoms with van der Waals surface area (Å²) in [7, 11) is 0. The smallest absolute Gasteiger partial charge is 0.323 e. The molecule has 2 atom stereocenters. The Bertz CT molecular complexity index is 1390. The number of hydrogen-bond acceptors (Lipinski definition) is 5. The van der Waals surface area contributed by atoms with Gasteiger partial charge in [0.15, 0.2) is 6.17 Å². The van der Waals surface area contributed by atoms with Crippen molar-refractivity contribution in [3.63, 3.8) is 0 Å². The van der Waals surface area contributed by atoms with Gasteiger partial charge in [0.05, 0.1) is 18.0 Å². The average Bonchev–Trinajstić information content (AvgIpc) is 3.34. The van der Waals surface area contributed by atoms with Crippen LogP contribution in [-0.2, 0) is 9.59 Å². The van der Waals surface area contributed by atoms with Crippen LogP contribution in [0.3, 0.4) is 0 Å². The van der Waals surface area contributed by atoms with E-state index < -0.39 is 54.1 Å². The van der Waals surface area contributed by atoms with E-state index in [0.29, 0.717) is 5.56 Å². The molecule has 202 valence electrons. The van der Waals surface area contributed by atoms with Gasteiger partial charge in [-0.15, -0.1) is 0 Å². The first-order valence-electron chi connectivity index (χ1n) is 11.7. The number of aromatic nitrogens is 1. The van der Waals surface area contributed by atoms with Crippen LogP contribution in [-0.4, -0.2) is 63.0 Å². The van der Waals surface area contributed by atoms with Gasteiger partial charge in [0.1, 0.15) is 16.8 Å². The molecule has 3 N–H and O–H groups in total. The second-order valence-electron chi connectivity index (χ2n) is 8.59. The van der Waals surface area contributed by atoms with Gasteiger partial charge in [-0.25, -0.2) is 18.6 Å². The second kappa shape index (κ2) is 11.9. The summed E-state index contributed by atoms with van der Waals surface area (Å²) in [5, 5.41) is 14.6. The molecule has 4 rings (SSSR count). The highest BCUT2D eigenvalue weighted by Gasteiger charge is 2.44. The quantitative estimate of drug-likeness (QED) is 0.380. The van der Waals surface area contributed by atoms with Crippen LogP contribution in [0.1, 0.15) is 28.4 Å². The monoisotopic (exact) mass is 557 g/mol. The van der Waals surface area contributed by atoms with Gasteiger partial charge in [0.25, 0.3) is 11.8 Å². The summed E-state index contributed by atoms with van der Waals surface area (Å²) in [6, 6.07) is 10.9. The summed E-state index contributed by atoms with van der Waals surface area (Å²) in [5.41, 5.74) is 0.534. The van der Waals surface area contributed by atoms with E-state index in [9.17, 15) is 33.1 Å². The summed E-state index contributed by atoms with van der Waals surface area (Å²) in [6.07, 6.45) is -0.825. The molecule has 0 radical (unpaired) electrons. The van der Waals surface area contributed by atoms with E-state index in [2.05, 4.69) is 15.6 Å². The number of pyridine rings is 1. The van der Waals surface area contributed by atoms with Crippen molar-refractivity contribution in [2.24, 2.45) is 0 Å². The van der Waals surface area contributed by atoms with E-state index in [-0.39, 0.29) is 29.5 Å². The van der Waals surface area contributed by atoms with E-state index in [1.807, 2.05) is 0 Å². The molecule has 1 saturated heterocycles. The zero-order valence-corrected chi connectivity index (χ0v) is 20.9. The summed E-state index contributed by atoms with van der Waals surface area (Å²) in [4.78, 5) is 57.7. The summed E-state index contributed by atoms with van der Waals surface area (Å²) in [6.45, 7) is -0.109. The van der Waals surface area contributed by atoms with Crippen LogP contribution in [0.4, 0.5) is 19.3 Å². The fourth-order valence-corrected chi connectivity index (χ4v) is 4.25. The number of nitrogens with zero attached hydrogens (tertiary/aromatic N) is 3. The van der Waals surface area contributed by atoms with Crippen molar-refractivity contribution in [1.29, 1.82) is 0 Å². The number of rotatable bonds is 7. The highest BCUT2D eigenvalue weighted by molar-refractivity contribution is 6.29. The van der Waals surface area contributed by atoms with Crippen LogP contribution in [0.25, 0.3) is 0 Å². The number of anilines is 1. The standard InChI is InChI=1S/C26H22ClF2N5O5/c27-21-9-6-16(14-30-21)25(38)33-10-11-34(26(39)31-19-3-1-2-18(29)12-19)24(33)23(37)32-20(13-22(35)36)15-4-7-17(28)8-5-15/h1-9,12,14,20,24H,10-11,13H2,(H,31,39)(H,32,37)(H,35,36). The van der Waals surface area contributed by atoms with Gasteiger partial charge >= 0.3 is 12.0 Å². The molecule has 0 bridgehead atoms. The minimum Gasteiger partial charge on any atom is -0.481 e. The molecule has 39 heavy (non-hydrogen) atoms. The molecule has 0 saturated carbocycles. The van der Waals surface area contributed by atoms with Crippen LogP contribution in [0.5, 0.6) is 0 Å². The van der Waals surface area contributed by atoms with Crippen LogP contribution >= 0.6 is 11.6 Å². The summed E-state index contributed by atoms with van der Waals surface area (Å²) < 4.78 is 27.1. The number of carbonyl (C=O) groups is 4. The normalized spacial score (nSPS) is 15.5. The molecular formula is C26H22ClF2N5O5. The van der Waals surface area contributed by atoms with Crippen LogP contribution in [0.2, 0.25) is 5.15 Å². The third-order valence-corrected chi connectivity index (χ3v) is 6.17. The van der Waals surface area contributed by atoms with Crippen molar-refractivity contribution >= 4 is 41.1 Å². The number of halogens is 3. The highest BCUT2D eigenvalue weighted by atomic mass is 35.5. The maximum Gasteiger partial charge on any atom is 0.323 e.